The maximum Gasteiger partial charge on any atom is 0.339 e. The van der Waals surface area contributed by atoms with Gasteiger partial charge < -0.3 is 15.8 Å². The average Bonchev–Trinajstić information content (AvgIpc) is 3.19. The van der Waals surface area contributed by atoms with E-state index in [1.807, 2.05) is 79.2 Å². The minimum absolute atomic E-state index is 0.419. The number of aryl methyl sites for hydroxylation is 2. The average molecular weight is 464 g/mol. The molecule has 5 rings (SSSR count). The van der Waals surface area contributed by atoms with Crippen LogP contribution in [0.15, 0.2) is 79.0 Å². The summed E-state index contributed by atoms with van der Waals surface area (Å²) in [5.41, 5.74) is 11.9. The second kappa shape index (κ2) is 8.95. The number of nitrogen functional groups attached to an aromatic ring is 1. The Morgan fingerprint density at radius 3 is 2.57 bits per heavy atom. The number of hydrogen-bond donors (Lipinski definition) is 2. The van der Waals surface area contributed by atoms with Crippen LogP contribution >= 0.6 is 0 Å². The van der Waals surface area contributed by atoms with Crippen LogP contribution in [0, 0.1) is 13.8 Å². The van der Waals surface area contributed by atoms with E-state index in [2.05, 4.69) is 10.3 Å². The molecule has 0 aliphatic heterocycles. The summed E-state index contributed by atoms with van der Waals surface area (Å²) in [4.78, 5) is 16.7. The monoisotopic (exact) mass is 463 g/mol. The van der Waals surface area contributed by atoms with E-state index < -0.39 is 5.97 Å². The van der Waals surface area contributed by atoms with Gasteiger partial charge in [-0.05, 0) is 60.7 Å². The predicted molar refractivity (Wildman–Crippen MR) is 139 cm³/mol. The summed E-state index contributed by atoms with van der Waals surface area (Å²) in [6, 6.07) is 23.3. The molecule has 0 bridgehead atoms. The molecule has 35 heavy (non-hydrogen) atoms. The molecule has 0 aliphatic rings. The molecule has 0 atom stereocenters. The molecule has 7 heteroatoms. The number of carbonyl (C=O) groups is 1. The summed E-state index contributed by atoms with van der Waals surface area (Å²) in [6.07, 6.45) is 1.70. The second-order valence-corrected chi connectivity index (χ2v) is 8.30. The molecule has 0 unspecified atom stereocenters. The smallest absolute Gasteiger partial charge is 0.339 e. The molecule has 2 heterocycles. The third kappa shape index (κ3) is 3.97. The summed E-state index contributed by atoms with van der Waals surface area (Å²) in [7, 11) is 1.37. The summed E-state index contributed by atoms with van der Waals surface area (Å²) >= 11 is 0. The Hall–Kier alpha value is -4.65. The summed E-state index contributed by atoms with van der Waals surface area (Å²) in [5.74, 6) is 0.784. The third-order valence-electron chi connectivity index (χ3n) is 6.08. The Bertz CT molecular complexity index is 1570. The topological polar surface area (TPSA) is 95.1 Å². The van der Waals surface area contributed by atoms with E-state index in [-0.39, 0.29) is 0 Å². The van der Waals surface area contributed by atoms with Gasteiger partial charge in [0.15, 0.2) is 0 Å². The number of nitrogens with two attached hydrogens (primary N) is 1. The van der Waals surface area contributed by atoms with Crippen molar-refractivity contribution in [2.24, 2.45) is 0 Å². The quantitative estimate of drug-likeness (QED) is 0.319. The molecule has 0 spiro atoms. The van der Waals surface area contributed by atoms with Crippen LogP contribution in [0.1, 0.15) is 21.6 Å². The molecule has 174 valence electrons. The van der Waals surface area contributed by atoms with Gasteiger partial charge in [0.25, 0.3) is 0 Å². The number of carbonyl (C=O) groups excluding carboxylic acids is 1. The zero-order chi connectivity index (χ0) is 24.5. The molecule has 0 aliphatic carbocycles. The number of ether oxygens (including phenoxy) is 1. The minimum Gasteiger partial charge on any atom is -0.465 e. The number of fused-ring (bicyclic) bond motifs is 1. The highest BCUT2D eigenvalue weighted by Crippen LogP contribution is 2.38. The van der Waals surface area contributed by atoms with Crippen molar-refractivity contribution >= 4 is 34.1 Å². The molecule has 0 saturated carbocycles. The fourth-order valence-corrected chi connectivity index (χ4v) is 4.32. The number of anilines is 3. The van der Waals surface area contributed by atoms with Crippen LogP contribution in [0.4, 0.5) is 17.3 Å². The Morgan fingerprint density at radius 1 is 1.00 bits per heavy atom. The summed E-state index contributed by atoms with van der Waals surface area (Å²) in [5, 5.41) is 10.3. The van der Waals surface area contributed by atoms with Crippen LogP contribution in [0.25, 0.3) is 27.6 Å². The van der Waals surface area contributed by atoms with E-state index in [1.165, 1.54) is 7.11 Å². The van der Waals surface area contributed by atoms with Crippen LogP contribution < -0.4 is 11.1 Å². The highest BCUT2D eigenvalue weighted by Gasteiger charge is 2.22. The number of nitrogens with one attached hydrogen (secondary N) is 1. The number of benzene rings is 3. The summed E-state index contributed by atoms with van der Waals surface area (Å²) < 4.78 is 6.89. The first-order valence-electron chi connectivity index (χ1n) is 11.2. The van der Waals surface area contributed by atoms with Gasteiger partial charge in [-0.2, -0.15) is 5.10 Å². The third-order valence-corrected chi connectivity index (χ3v) is 6.08. The lowest BCUT2D eigenvalue weighted by atomic mass is 10.0. The first kappa shape index (κ1) is 22.2. The van der Waals surface area contributed by atoms with Crippen molar-refractivity contribution in [2.45, 2.75) is 13.8 Å². The van der Waals surface area contributed by atoms with E-state index in [4.69, 9.17) is 15.6 Å². The number of esters is 1. The van der Waals surface area contributed by atoms with Crippen molar-refractivity contribution in [1.82, 2.24) is 14.8 Å². The van der Waals surface area contributed by atoms with Gasteiger partial charge in [0.05, 0.1) is 29.7 Å². The molecular weight excluding hydrogens is 438 g/mol. The SMILES string of the molecule is COC(=O)c1ccccc1Nc1c(-c2ccc3ccnc(N)c3c2)c(C)nn1-c1ccccc1C. The molecule has 7 nitrogen and oxygen atoms in total. The van der Waals surface area contributed by atoms with Crippen molar-refractivity contribution < 1.29 is 9.53 Å². The molecule has 3 N–H and O–H groups in total. The molecule has 0 fully saturated rings. The summed E-state index contributed by atoms with van der Waals surface area (Å²) in [6.45, 7) is 4.01. The lowest BCUT2D eigenvalue weighted by Crippen LogP contribution is -2.09. The number of rotatable bonds is 5. The van der Waals surface area contributed by atoms with Crippen LogP contribution in [-0.4, -0.2) is 27.8 Å². The standard InChI is InChI=1S/C28H25N5O2/c1-17-8-4-7-11-24(17)33-27(31-23-10-6-5-9-21(23)28(34)35-3)25(18(2)32-33)20-13-12-19-14-15-30-26(29)22(19)16-20/h4-16,31H,1-3H3,(H2,29,30). The van der Waals surface area contributed by atoms with Gasteiger partial charge in [0.2, 0.25) is 0 Å². The molecule has 3 aromatic carbocycles. The van der Waals surface area contributed by atoms with Crippen LogP contribution in [0.2, 0.25) is 0 Å². The molecule has 2 aromatic heterocycles. The number of pyridine rings is 1. The van der Waals surface area contributed by atoms with Crippen LogP contribution in [0.3, 0.4) is 0 Å². The van der Waals surface area contributed by atoms with Gasteiger partial charge in [-0.25, -0.2) is 14.5 Å². The minimum atomic E-state index is -0.419. The van der Waals surface area contributed by atoms with Gasteiger partial charge in [-0.1, -0.05) is 42.5 Å². The maximum atomic E-state index is 12.5. The molecule has 0 radical (unpaired) electrons. The van der Waals surface area contributed by atoms with Crippen molar-refractivity contribution in [1.29, 1.82) is 0 Å². The van der Waals surface area contributed by atoms with Gasteiger partial charge in [-0.3, -0.25) is 0 Å². The van der Waals surface area contributed by atoms with Crippen LogP contribution in [0.5, 0.6) is 0 Å². The van der Waals surface area contributed by atoms with Crippen molar-refractivity contribution in [3.8, 4) is 16.8 Å². The van der Waals surface area contributed by atoms with Gasteiger partial charge in [0, 0.05) is 17.1 Å². The number of aromatic nitrogens is 3. The van der Waals surface area contributed by atoms with E-state index in [0.717, 1.165) is 44.7 Å². The van der Waals surface area contributed by atoms with E-state index in [0.29, 0.717) is 17.1 Å². The van der Waals surface area contributed by atoms with Crippen molar-refractivity contribution in [3.05, 3.63) is 95.8 Å². The fraction of sp³-hybridized carbons (Fsp3) is 0.107. The normalized spacial score (nSPS) is 10.9. The lowest BCUT2D eigenvalue weighted by Gasteiger charge is -2.16. The number of hydrogen-bond acceptors (Lipinski definition) is 6. The Morgan fingerprint density at radius 2 is 1.77 bits per heavy atom. The highest BCUT2D eigenvalue weighted by atomic mass is 16.5. The predicted octanol–water partition coefficient (Wildman–Crippen LogP) is 5.82. The number of methoxy groups -OCH3 is 1. The zero-order valence-electron chi connectivity index (χ0n) is 19.7. The largest absolute Gasteiger partial charge is 0.465 e. The van der Waals surface area contributed by atoms with Gasteiger partial charge >= 0.3 is 5.97 Å². The second-order valence-electron chi connectivity index (χ2n) is 8.30. The Labute approximate surface area is 203 Å². The van der Waals surface area contributed by atoms with E-state index in [9.17, 15) is 4.79 Å². The van der Waals surface area contributed by atoms with E-state index >= 15 is 0 Å². The Balaban J connectivity index is 1.76. The number of nitrogens with zero attached hydrogens (tertiary/aromatic N) is 3. The van der Waals surface area contributed by atoms with E-state index in [1.54, 1.807) is 18.3 Å². The molecular formula is C28H25N5O2. The molecule has 0 saturated heterocycles. The first-order chi connectivity index (χ1) is 17.0. The van der Waals surface area contributed by atoms with Crippen LogP contribution in [-0.2, 0) is 4.74 Å². The lowest BCUT2D eigenvalue weighted by molar-refractivity contribution is 0.0602. The number of para-hydroxylation sites is 2. The molecule has 5 aromatic rings. The highest BCUT2D eigenvalue weighted by molar-refractivity contribution is 5.99. The maximum absolute atomic E-state index is 12.5. The fourth-order valence-electron chi connectivity index (χ4n) is 4.32. The Kier molecular flexibility index (Phi) is 5.66. The van der Waals surface area contributed by atoms with Gasteiger partial charge in [0.1, 0.15) is 11.6 Å². The molecule has 0 amide bonds. The van der Waals surface area contributed by atoms with Crippen molar-refractivity contribution in [2.75, 3.05) is 18.2 Å². The van der Waals surface area contributed by atoms with Crippen molar-refractivity contribution in [3.63, 3.8) is 0 Å². The zero-order valence-corrected chi connectivity index (χ0v) is 19.7. The first-order valence-corrected chi connectivity index (χ1v) is 11.2. The van der Waals surface area contributed by atoms with Gasteiger partial charge in [-0.15, -0.1) is 0 Å².